The molecule has 0 aliphatic carbocycles. The Kier molecular flexibility index (Phi) is 5.00. The van der Waals surface area contributed by atoms with Crippen molar-refractivity contribution >= 4 is 22.4 Å². The van der Waals surface area contributed by atoms with E-state index in [1.54, 1.807) is 24.7 Å². The summed E-state index contributed by atoms with van der Waals surface area (Å²) in [7, 11) is 0. The number of imidazole rings is 1. The number of aromatic nitrogens is 3. The molecule has 0 atom stereocenters. The molecular weight excluding hydrogens is 327 g/mol. The maximum Gasteiger partial charge on any atom is 0.227 e. The molecule has 5 nitrogen and oxygen atoms in total. The fraction of sp³-hybridized carbons (Fsp3) is 0.235. The van der Waals surface area contributed by atoms with Gasteiger partial charge in [-0.1, -0.05) is 12.1 Å². The minimum Gasteiger partial charge on any atom is -0.337 e. The summed E-state index contributed by atoms with van der Waals surface area (Å²) in [6, 6.07) is 6.42. The second-order valence-corrected chi connectivity index (χ2v) is 6.51. The van der Waals surface area contributed by atoms with Gasteiger partial charge in [-0.25, -0.2) is 14.4 Å². The normalized spacial score (nSPS) is 10.8. The highest BCUT2D eigenvalue weighted by molar-refractivity contribution is 7.15. The lowest BCUT2D eigenvalue weighted by atomic mass is 10.1. The number of hydrogen-bond acceptors (Lipinski definition) is 4. The maximum atomic E-state index is 13.0. The van der Waals surface area contributed by atoms with E-state index in [1.807, 2.05) is 17.7 Å². The monoisotopic (exact) mass is 344 g/mol. The van der Waals surface area contributed by atoms with Gasteiger partial charge in [0, 0.05) is 36.7 Å². The van der Waals surface area contributed by atoms with E-state index in [-0.39, 0.29) is 11.7 Å². The summed E-state index contributed by atoms with van der Waals surface area (Å²) in [4.78, 5) is 21.4. The van der Waals surface area contributed by atoms with Gasteiger partial charge in [-0.2, -0.15) is 0 Å². The van der Waals surface area contributed by atoms with Crippen molar-refractivity contribution in [2.45, 2.75) is 26.3 Å². The van der Waals surface area contributed by atoms with Gasteiger partial charge in [0.05, 0.1) is 12.0 Å². The molecule has 0 bridgehead atoms. The Morgan fingerprint density at radius 1 is 1.33 bits per heavy atom. The Morgan fingerprint density at radius 2 is 2.12 bits per heavy atom. The summed E-state index contributed by atoms with van der Waals surface area (Å²) >= 11 is 1.45. The molecular formula is C17H17FN4OS. The number of carbonyl (C=O) groups is 1. The second-order valence-electron chi connectivity index (χ2n) is 5.43. The third-order valence-electron chi connectivity index (χ3n) is 3.57. The lowest BCUT2D eigenvalue weighted by Crippen LogP contribution is -2.13. The topological polar surface area (TPSA) is 59.8 Å². The van der Waals surface area contributed by atoms with E-state index in [0.717, 1.165) is 16.1 Å². The molecule has 0 radical (unpaired) electrons. The zero-order chi connectivity index (χ0) is 16.9. The number of halogens is 1. The number of anilines is 1. The quantitative estimate of drug-likeness (QED) is 0.745. The van der Waals surface area contributed by atoms with Crippen molar-refractivity contribution in [2.75, 3.05) is 5.32 Å². The van der Waals surface area contributed by atoms with Crippen LogP contribution in [-0.2, 0) is 17.8 Å². The first-order chi connectivity index (χ1) is 11.6. The van der Waals surface area contributed by atoms with Crippen molar-refractivity contribution < 1.29 is 9.18 Å². The molecule has 1 N–H and O–H groups in total. The van der Waals surface area contributed by atoms with Crippen molar-refractivity contribution in [3.63, 3.8) is 0 Å². The van der Waals surface area contributed by atoms with Crippen molar-refractivity contribution in [3.05, 3.63) is 64.9 Å². The van der Waals surface area contributed by atoms with Gasteiger partial charge < -0.3 is 9.88 Å². The van der Waals surface area contributed by atoms with Gasteiger partial charge in [-0.15, -0.1) is 11.3 Å². The smallest absolute Gasteiger partial charge is 0.227 e. The molecule has 2 heterocycles. The highest BCUT2D eigenvalue weighted by atomic mass is 32.1. The van der Waals surface area contributed by atoms with Gasteiger partial charge in [-0.05, 0) is 24.6 Å². The van der Waals surface area contributed by atoms with Crippen LogP contribution >= 0.6 is 11.3 Å². The van der Waals surface area contributed by atoms with Crippen molar-refractivity contribution in [2.24, 2.45) is 0 Å². The first-order valence-electron chi connectivity index (χ1n) is 7.56. The zero-order valence-electron chi connectivity index (χ0n) is 13.2. The largest absolute Gasteiger partial charge is 0.337 e. The van der Waals surface area contributed by atoms with Gasteiger partial charge in [0.2, 0.25) is 5.91 Å². The van der Waals surface area contributed by atoms with Crippen molar-refractivity contribution in [1.29, 1.82) is 0 Å². The van der Waals surface area contributed by atoms with Gasteiger partial charge >= 0.3 is 0 Å². The van der Waals surface area contributed by atoms with Gasteiger partial charge in [0.15, 0.2) is 5.13 Å². The SMILES string of the molecule is Cc1nc(NC(=O)CCn2ccnc2)sc1Cc1ccc(F)cc1. The van der Waals surface area contributed by atoms with Crippen LogP contribution in [-0.4, -0.2) is 20.4 Å². The minimum atomic E-state index is -0.245. The summed E-state index contributed by atoms with van der Waals surface area (Å²) in [6.07, 6.45) is 6.23. The first-order valence-corrected chi connectivity index (χ1v) is 8.38. The molecule has 7 heteroatoms. The summed E-state index contributed by atoms with van der Waals surface area (Å²) < 4.78 is 14.8. The average Bonchev–Trinajstić information content (AvgIpc) is 3.18. The van der Waals surface area contributed by atoms with E-state index < -0.39 is 0 Å². The third-order valence-corrected chi connectivity index (χ3v) is 4.65. The number of rotatable bonds is 6. The van der Waals surface area contributed by atoms with Gasteiger partial charge in [0.25, 0.3) is 0 Å². The summed E-state index contributed by atoms with van der Waals surface area (Å²) in [5.41, 5.74) is 1.90. The summed E-state index contributed by atoms with van der Waals surface area (Å²) in [6.45, 7) is 2.50. The van der Waals surface area contributed by atoms with Crippen LogP contribution in [0.4, 0.5) is 9.52 Å². The van der Waals surface area contributed by atoms with Crippen molar-refractivity contribution in [3.8, 4) is 0 Å². The molecule has 0 saturated heterocycles. The van der Waals surface area contributed by atoms with E-state index in [1.165, 1.54) is 23.5 Å². The minimum absolute atomic E-state index is 0.0780. The molecule has 3 aromatic rings. The van der Waals surface area contributed by atoms with E-state index in [0.29, 0.717) is 24.5 Å². The molecule has 1 amide bonds. The number of nitrogens with one attached hydrogen (secondary N) is 1. The van der Waals surface area contributed by atoms with Crippen LogP contribution in [0.5, 0.6) is 0 Å². The number of amides is 1. The fourth-order valence-electron chi connectivity index (χ4n) is 2.26. The molecule has 0 aliphatic heterocycles. The molecule has 0 aliphatic rings. The first kappa shape index (κ1) is 16.3. The van der Waals surface area contributed by atoms with Crippen LogP contribution < -0.4 is 5.32 Å². The number of aryl methyl sites for hydroxylation is 2. The van der Waals surface area contributed by atoms with Gasteiger partial charge in [0.1, 0.15) is 5.82 Å². The Hall–Kier alpha value is -2.54. The predicted octanol–water partition coefficient (Wildman–Crippen LogP) is 3.41. The molecule has 0 unspecified atom stereocenters. The summed E-state index contributed by atoms with van der Waals surface area (Å²) in [5.74, 6) is -0.323. The molecule has 24 heavy (non-hydrogen) atoms. The number of benzene rings is 1. The molecule has 124 valence electrons. The van der Waals surface area contributed by atoms with Crippen LogP contribution in [0.2, 0.25) is 0 Å². The number of carbonyl (C=O) groups excluding carboxylic acids is 1. The van der Waals surface area contributed by atoms with Gasteiger partial charge in [-0.3, -0.25) is 4.79 Å². The van der Waals surface area contributed by atoms with Crippen LogP contribution in [0.3, 0.4) is 0 Å². The standard InChI is InChI=1S/C17H17FN4OS/c1-12-15(10-13-2-4-14(18)5-3-13)24-17(20-12)21-16(23)6-8-22-9-7-19-11-22/h2-5,7,9,11H,6,8,10H2,1H3,(H,20,21,23). The lowest BCUT2D eigenvalue weighted by molar-refractivity contribution is -0.116. The van der Waals surface area contributed by atoms with Crippen LogP contribution in [0.15, 0.2) is 43.0 Å². The van der Waals surface area contributed by atoms with E-state index in [9.17, 15) is 9.18 Å². The number of hydrogen-bond donors (Lipinski definition) is 1. The second kappa shape index (κ2) is 7.35. The van der Waals surface area contributed by atoms with Crippen molar-refractivity contribution in [1.82, 2.24) is 14.5 Å². The Balaban J connectivity index is 1.58. The lowest BCUT2D eigenvalue weighted by Gasteiger charge is -2.02. The fourth-order valence-corrected chi connectivity index (χ4v) is 3.28. The Bertz CT molecular complexity index is 812. The third kappa shape index (κ3) is 4.26. The number of nitrogens with zero attached hydrogens (tertiary/aromatic N) is 3. The molecule has 0 saturated carbocycles. The van der Waals surface area contributed by atoms with E-state index in [4.69, 9.17) is 0 Å². The van der Waals surface area contributed by atoms with E-state index in [2.05, 4.69) is 15.3 Å². The predicted molar refractivity (Wildman–Crippen MR) is 91.5 cm³/mol. The highest BCUT2D eigenvalue weighted by Crippen LogP contribution is 2.25. The molecule has 3 rings (SSSR count). The molecule has 2 aromatic heterocycles. The van der Waals surface area contributed by atoms with E-state index >= 15 is 0 Å². The summed E-state index contributed by atoms with van der Waals surface area (Å²) in [5, 5.41) is 3.43. The molecule has 0 fully saturated rings. The average molecular weight is 344 g/mol. The highest BCUT2D eigenvalue weighted by Gasteiger charge is 2.11. The Morgan fingerprint density at radius 3 is 2.83 bits per heavy atom. The van der Waals surface area contributed by atoms with Crippen LogP contribution in [0.25, 0.3) is 0 Å². The maximum absolute atomic E-state index is 13.0. The van der Waals surface area contributed by atoms with Crippen LogP contribution in [0.1, 0.15) is 22.6 Å². The number of thiazole rings is 1. The van der Waals surface area contributed by atoms with Crippen LogP contribution in [0, 0.1) is 12.7 Å². The molecule has 1 aromatic carbocycles. The Labute approximate surface area is 143 Å². The zero-order valence-corrected chi connectivity index (χ0v) is 14.0. The molecule has 0 spiro atoms.